The van der Waals surface area contributed by atoms with Crippen LogP contribution in [0.5, 0.6) is 5.88 Å². The van der Waals surface area contributed by atoms with Crippen LogP contribution in [0.15, 0.2) is 94.8 Å². The highest BCUT2D eigenvalue weighted by Crippen LogP contribution is 2.35. The lowest BCUT2D eigenvalue weighted by molar-refractivity contribution is -0.384. The van der Waals surface area contributed by atoms with Gasteiger partial charge >= 0.3 is 5.91 Å². The topological polar surface area (TPSA) is 150 Å². The van der Waals surface area contributed by atoms with Crippen LogP contribution >= 0.6 is 0 Å². The van der Waals surface area contributed by atoms with Gasteiger partial charge in [0.1, 0.15) is 5.70 Å². The molecule has 10 nitrogen and oxygen atoms in total. The number of benzene rings is 3. The molecule has 4 rings (SSSR count). The van der Waals surface area contributed by atoms with E-state index < -0.39 is 16.7 Å². The van der Waals surface area contributed by atoms with E-state index in [4.69, 9.17) is 0 Å². The Labute approximate surface area is 192 Å². The van der Waals surface area contributed by atoms with Crippen molar-refractivity contribution in [3.05, 3.63) is 106 Å². The van der Waals surface area contributed by atoms with Crippen molar-refractivity contribution in [2.75, 3.05) is 0 Å². The van der Waals surface area contributed by atoms with E-state index in [0.717, 1.165) is 0 Å². The Morgan fingerprint density at radius 1 is 0.971 bits per heavy atom. The van der Waals surface area contributed by atoms with Crippen LogP contribution < -0.4 is 5.32 Å². The predicted molar refractivity (Wildman–Crippen MR) is 124 cm³/mol. The van der Waals surface area contributed by atoms with E-state index in [1.165, 1.54) is 30.3 Å². The van der Waals surface area contributed by atoms with Gasteiger partial charge in [0.2, 0.25) is 5.88 Å². The van der Waals surface area contributed by atoms with Crippen LogP contribution in [0.1, 0.15) is 15.9 Å². The van der Waals surface area contributed by atoms with Crippen LogP contribution in [0, 0.1) is 10.1 Å². The fourth-order valence-electron chi connectivity index (χ4n) is 3.16. The molecule has 0 unspecified atom stereocenters. The number of aromatic hydroxyl groups is 1. The molecular formula is C24H17N5O5. The molecule has 0 bridgehead atoms. The summed E-state index contributed by atoms with van der Waals surface area (Å²) in [6, 6.07) is 20.6. The van der Waals surface area contributed by atoms with Crippen LogP contribution in [-0.2, 0) is 4.79 Å². The zero-order valence-corrected chi connectivity index (χ0v) is 17.5. The molecule has 2 amide bonds. The predicted octanol–water partition coefficient (Wildman–Crippen LogP) is 4.86. The number of hydrogen-bond donors (Lipinski definition) is 3. The molecule has 0 radical (unpaired) electrons. The van der Waals surface area contributed by atoms with Gasteiger partial charge < -0.3 is 15.4 Å². The molecule has 1 heterocycles. The quantitative estimate of drug-likeness (QED) is 0.164. The third-order valence-corrected chi connectivity index (χ3v) is 4.83. The molecule has 0 saturated heterocycles. The fraction of sp³-hybridized carbons (Fsp3) is 0. The summed E-state index contributed by atoms with van der Waals surface area (Å²) in [5.74, 6) is -1.69. The van der Waals surface area contributed by atoms with E-state index in [2.05, 4.69) is 20.5 Å². The summed E-state index contributed by atoms with van der Waals surface area (Å²) >= 11 is 0. The average Bonchev–Trinajstić information content (AvgIpc) is 3.17. The van der Waals surface area contributed by atoms with Crippen molar-refractivity contribution >= 4 is 40.2 Å². The number of nitro groups is 1. The maximum Gasteiger partial charge on any atom is 0.311 e. The van der Waals surface area contributed by atoms with Gasteiger partial charge in [0.05, 0.1) is 10.4 Å². The summed E-state index contributed by atoms with van der Waals surface area (Å²) in [6.45, 7) is 0. The molecule has 10 heteroatoms. The first-order valence-corrected chi connectivity index (χ1v) is 10.0. The number of H-pyrrole nitrogens is 1. The second kappa shape index (κ2) is 9.57. The Hall–Kier alpha value is -5.12. The third kappa shape index (κ3) is 4.86. The average molecular weight is 455 g/mol. The van der Waals surface area contributed by atoms with Gasteiger partial charge in [0.15, 0.2) is 5.69 Å². The SMILES string of the molecule is O=C(N=Nc1c(O)[nH]c2ccccc12)/C(=C/c1ccc([N+](=O)[O-])cc1)NC(=O)c1ccccc1. The van der Waals surface area contributed by atoms with Gasteiger partial charge in [-0.15, -0.1) is 10.2 Å². The van der Waals surface area contributed by atoms with Crippen LogP contribution in [0.3, 0.4) is 0 Å². The van der Waals surface area contributed by atoms with Gasteiger partial charge in [0.25, 0.3) is 11.6 Å². The van der Waals surface area contributed by atoms with Crippen molar-refractivity contribution in [3.8, 4) is 5.88 Å². The number of carbonyl (C=O) groups excluding carboxylic acids is 2. The number of amides is 2. The number of aromatic nitrogens is 1. The molecule has 0 atom stereocenters. The number of hydrogen-bond acceptors (Lipinski definition) is 6. The van der Waals surface area contributed by atoms with E-state index in [0.29, 0.717) is 22.0 Å². The molecular weight excluding hydrogens is 438 g/mol. The molecule has 0 spiro atoms. The monoisotopic (exact) mass is 455 g/mol. The number of para-hydroxylation sites is 1. The minimum absolute atomic E-state index is 0.0769. The van der Waals surface area contributed by atoms with Crippen LogP contribution in [0.2, 0.25) is 0 Å². The number of azo groups is 1. The third-order valence-electron chi connectivity index (χ3n) is 4.83. The second-order valence-electron chi connectivity index (χ2n) is 7.10. The van der Waals surface area contributed by atoms with Crippen LogP contribution in [-0.4, -0.2) is 26.8 Å². The number of nitrogens with one attached hydrogen (secondary N) is 2. The summed E-state index contributed by atoms with van der Waals surface area (Å²) in [4.78, 5) is 38.6. The van der Waals surface area contributed by atoms with E-state index >= 15 is 0 Å². The molecule has 1 aromatic heterocycles. The highest BCUT2D eigenvalue weighted by atomic mass is 16.6. The van der Waals surface area contributed by atoms with Crippen molar-refractivity contribution in [2.24, 2.45) is 10.2 Å². The molecule has 0 aliphatic rings. The number of aromatic amines is 1. The number of rotatable bonds is 6. The van der Waals surface area contributed by atoms with Gasteiger partial charge in [-0.1, -0.05) is 36.4 Å². The number of carbonyl (C=O) groups is 2. The Morgan fingerprint density at radius 2 is 1.65 bits per heavy atom. The van der Waals surface area contributed by atoms with Gasteiger partial charge in [0, 0.05) is 23.1 Å². The summed E-state index contributed by atoms with van der Waals surface area (Å²) < 4.78 is 0. The first-order chi connectivity index (χ1) is 16.4. The fourth-order valence-corrected chi connectivity index (χ4v) is 3.16. The van der Waals surface area contributed by atoms with E-state index in [9.17, 15) is 24.8 Å². The van der Waals surface area contributed by atoms with Gasteiger partial charge in [-0.05, 0) is 42.0 Å². The standard InChI is InChI=1S/C24H17N5O5/c30-22(16-6-2-1-3-7-16)26-20(14-15-10-12-17(13-11-15)29(33)34)23(31)28-27-21-18-8-4-5-9-19(18)25-24(21)32/h1-14,25,32H,(H,26,30)/b20-14-,28-27?. The molecule has 4 aromatic rings. The van der Waals surface area contributed by atoms with Gasteiger partial charge in [-0.25, -0.2) is 0 Å². The molecule has 3 N–H and O–H groups in total. The van der Waals surface area contributed by atoms with Crippen molar-refractivity contribution in [3.63, 3.8) is 0 Å². The minimum Gasteiger partial charge on any atom is -0.493 e. The molecule has 3 aromatic carbocycles. The largest absolute Gasteiger partial charge is 0.493 e. The normalized spacial score (nSPS) is 11.6. The maximum absolute atomic E-state index is 12.9. The minimum atomic E-state index is -0.882. The van der Waals surface area contributed by atoms with Crippen molar-refractivity contribution < 1.29 is 19.6 Å². The smallest absolute Gasteiger partial charge is 0.311 e. The summed E-state index contributed by atoms with van der Waals surface area (Å²) in [6.07, 6.45) is 1.33. The number of non-ortho nitro benzene ring substituents is 1. The number of nitro benzene ring substituents is 1. The molecule has 0 fully saturated rings. The zero-order chi connectivity index (χ0) is 24.1. The maximum atomic E-state index is 12.9. The lowest BCUT2D eigenvalue weighted by Crippen LogP contribution is -2.26. The summed E-state index contributed by atoms with van der Waals surface area (Å²) in [5.41, 5.74) is 1.11. The van der Waals surface area contributed by atoms with Crippen molar-refractivity contribution in [1.82, 2.24) is 10.3 Å². The molecule has 34 heavy (non-hydrogen) atoms. The van der Waals surface area contributed by atoms with Crippen LogP contribution in [0.4, 0.5) is 11.4 Å². The Kier molecular flexibility index (Phi) is 6.22. The Morgan fingerprint density at radius 3 is 2.35 bits per heavy atom. The van der Waals surface area contributed by atoms with Crippen molar-refractivity contribution in [1.29, 1.82) is 0 Å². The molecule has 168 valence electrons. The van der Waals surface area contributed by atoms with Crippen molar-refractivity contribution in [2.45, 2.75) is 0 Å². The second-order valence-corrected chi connectivity index (χ2v) is 7.10. The highest BCUT2D eigenvalue weighted by Gasteiger charge is 2.16. The van der Waals surface area contributed by atoms with Crippen LogP contribution in [0.25, 0.3) is 17.0 Å². The Balaban J connectivity index is 1.66. The van der Waals surface area contributed by atoms with E-state index in [1.54, 1.807) is 54.6 Å². The Bertz CT molecular complexity index is 1440. The number of fused-ring (bicyclic) bond motifs is 1. The lowest BCUT2D eigenvalue weighted by atomic mass is 10.1. The molecule has 0 aliphatic heterocycles. The lowest BCUT2D eigenvalue weighted by Gasteiger charge is -2.07. The summed E-state index contributed by atoms with van der Waals surface area (Å²) in [5, 5.41) is 31.7. The first-order valence-electron chi connectivity index (χ1n) is 10.0. The van der Waals surface area contributed by atoms with E-state index in [-0.39, 0.29) is 23.0 Å². The molecule has 0 saturated carbocycles. The highest BCUT2D eigenvalue weighted by molar-refractivity contribution is 6.05. The van der Waals surface area contributed by atoms with Gasteiger partial charge in [-0.3, -0.25) is 19.7 Å². The van der Waals surface area contributed by atoms with E-state index in [1.807, 2.05) is 0 Å². The summed E-state index contributed by atoms with van der Waals surface area (Å²) in [7, 11) is 0. The zero-order valence-electron chi connectivity index (χ0n) is 17.5. The first kappa shape index (κ1) is 22.1. The van der Waals surface area contributed by atoms with Gasteiger partial charge in [-0.2, -0.15) is 0 Å². The molecule has 0 aliphatic carbocycles. The number of nitrogens with zero attached hydrogens (tertiary/aromatic N) is 3.